The van der Waals surface area contributed by atoms with E-state index in [0.29, 0.717) is 49.3 Å². The summed E-state index contributed by atoms with van der Waals surface area (Å²) in [5.41, 5.74) is 6.99. The first-order chi connectivity index (χ1) is 29.2. The minimum atomic E-state index is -4.52. The van der Waals surface area contributed by atoms with Crippen LogP contribution in [0.1, 0.15) is 77.3 Å². The van der Waals surface area contributed by atoms with E-state index in [1.165, 1.54) is 12.1 Å². The highest BCUT2D eigenvalue weighted by Crippen LogP contribution is 2.50. The van der Waals surface area contributed by atoms with Crippen molar-refractivity contribution in [2.24, 2.45) is 0 Å². The number of benzene rings is 2. The van der Waals surface area contributed by atoms with E-state index in [1.807, 2.05) is 55.2 Å². The van der Waals surface area contributed by atoms with Crippen LogP contribution in [0.25, 0.3) is 0 Å². The summed E-state index contributed by atoms with van der Waals surface area (Å²) < 4.78 is 129. The van der Waals surface area contributed by atoms with Gasteiger partial charge in [0.1, 0.15) is 6.54 Å². The Hall–Kier alpha value is -4.77. The molecule has 0 unspecified atom stereocenters. The lowest BCUT2D eigenvalue weighted by molar-refractivity contribution is -0.519. The largest absolute Gasteiger partial charge is 0.748 e. The van der Waals surface area contributed by atoms with Crippen LogP contribution < -0.4 is 9.80 Å². The second kappa shape index (κ2) is 19.1. The maximum atomic E-state index is 12.2. The smallest absolute Gasteiger partial charge is 0.425 e. The van der Waals surface area contributed by atoms with Gasteiger partial charge in [0.25, 0.3) is 20.2 Å². The number of hydrogen-bond acceptors (Lipinski definition) is 13. The number of fused-ring (bicyclic) bond motifs is 2. The molecule has 0 radical (unpaired) electrons. The zero-order valence-electron chi connectivity index (χ0n) is 35.2. The predicted octanol–water partition coefficient (Wildman–Crippen LogP) is 4.71. The minimum absolute atomic E-state index is 0.0806. The van der Waals surface area contributed by atoms with Gasteiger partial charge in [-0.15, -0.1) is 12.6 Å². The van der Waals surface area contributed by atoms with E-state index in [0.717, 1.165) is 52.3 Å². The molecule has 0 bridgehead atoms. The number of carboxylic acids is 1. The second-order valence-corrected chi connectivity index (χ2v) is 21.5. The summed E-state index contributed by atoms with van der Waals surface area (Å²) in [4.78, 5) is 15.6. The summed E-state index contributed by atoms with van der Waals surface area (Å²) in [6.45, 7) is 9.38. The zero-order valence-corrected chi connectivity index (χ0v) is 38.5. The standard InChI is InChI=1S/C42H51N3O11S3.O3S/c1-41(2)33-12-5-6-13-35(33)44(22-8-26-57(48,49)50)37(41)18-14-29-10-7-11-30(39(29)43-24-20-31(21-25-43)40(46)47)15-19-38-42(3,4)34-28-32(59(54,55)56)16-17-36(34)45(38)23-9-27-58(51,52)53;1-4(2)3/h5-6,12-20,28H,7-11,21-27H2,1-4H3,(H3-,46,47,48,49,50,51,52,53,54,55,56);. The molecule has 1 aliphatic carbocycles. The van der Waals surface area contributed by atoms with E-state index < -0.39 is 69.3 Å². The fraction of sp³-hybridized carbons (Fsp3) is 0.429. The Kier molecular flexibility index (Phi) is 15.0. The van der Waals surface area contributed by atoms with Crippen molar-refractivity contribution in [3.63, 3.8) is 0 Å². The van der Waals surface area contributed by atoms with E-state index >= 15 is 0 Å². The maximum Gasteiger partial charge on any atom is 0.425 e. The molecule has 0 aromatic heterocycles. The van der Waals surface area contributed by atoms with Crippen molar-refractivity contribution in [1.82, 2.24) is 0 Å². The molecular weight excluding hydrogens is 899 g/mol. The van der Waals surface area contributed by atoms with E-state index in [9.17, 15) is 48.8 Å². The highest BCUT2D eigenvalue weighted by Gasteiger charge is 2.42. The normalized spacial score (nSPS) is 22.2. The number of nitrogens with zero attached hydrogens (tertiary/aromatic N) is 3. The Morgan fingerprint density at radius 3 is 1.79 bits per heavy atom. The van der Waals surface area contributed by atoms with Crippen molar-refractivity contribution in [3.05, 3.63) is 112 Å². The number of rotatable bonds is 12. The molecule has 17 nitrogen and oxygen atoms in total. The van der Waals surface area contributed by atoms with Gasteiger partial charge in [0.2, 0.25) is 5.71 Å². The summed E-state index contributed by atoms with van der Waals surface area (Å²) in [6, 6.07) is 12.2. The lowest BCUT2D eigenvalue weighted by Gasteiger charge is -2.28. The molecule has 3 heterocycles. The number of carboxylic acid groups (broad SMARTS) is 1. The maximum absolute atomic E-state index is 12.2. The summed E-state index contributed by atoms with van der Waals surface area (Å²) in [5.74, 6) is -1.91. The molecule has 1 saturated carbocycles. The van der Waals surface area contributed by atoms with Gasteiger partial charge in [-0.1, -0.05) is 58.0 Å². The van der Waals surface area contributed by atoms with Gasteiger partial charge in [-0.3, -0.25) is 9.11 Å². The third-order valence-electron chi connectivity index (χ3n) is 11.7. The van der Waals surface area contributed by atoms with Crippen molar-refractivity contribution in [2.45, 2.75) is 81.9 Å². The monoisotopic (exact) mass is 949 g/mol. The van der Waals surface area contributed by atoms with Crippen molar-refractivity contribution < 1.29 is 66.0 Å². The molecule has 4 aliphatic rings. The first-order valence-corrected chi connectivity index (χ1v) is 25.6. The first kappa shape index (κ1) is 49.2. The molecule has 6 rings (SSSR count). The van der Waals surface area contributed by atoms with Gasteiger partial charge in [-0.25, -0.2) is 17.8 Å². The van der Waals surface area contributed by atoms with Crippen LogP contribution in [0, 0.1) is 0 Å². The fourth-order valence-corrected chi connectivity index (χ4v) is 10.3. The van der Waals surface area contributed by atoms with Crippen LogP contribution in [0.3, 0.4) is 0 Å². The highest BCUT2D eigenvalue weighted by molar-refractivity contribution is 7.86. The molecule has 0 amide bonds. The van der Waals surface area contributed by atoms with E-state index in [1.54, 1.807) is 12.1 Å². The number of carbonyl (C=O) groups is 1. The fourth-order valence-electron chi connectivity index (χ4n) is 8.81. The summed E-state index contributed by atoms with van der Waals surface area (Å²) >= 11 is 0. The highest BCUT2D eigenvalue weighted by atomic mass is 32.2. The van der Waals surface area contributed by atoms with Crippen LogP contribution in [-0.4, -0.2) is 111 Å². The van der Waals surface area contributed by atoms with E-state index in [4.69, 9.17) is 12.6 Å². The predicted molar refractivity (Wildman–Crippen MR) is 235 cm³/mol. The lowest BCUT2D eigenvalue weighted by Crippen LogP contribution is -2.32. The number of para-hydroxylation sites is 1. The van der Waals surface area contributed by atoms with Crippen LogP contribution in [0.5, 0.6) is 0 Å². The number of allylic oxidation sites excluding steroid dienone is 8. The number of hydrogen-bond donors (Lipinski definition) is 3. The molecule has 0 saturated heterocycles. The van der Waals surface area contributed by atoms with Crippen LogP contribution in [0.4, 0.5) is 11.4 Å². The minimum Gasteiger partial charge on any atom is -0.748 e. The molecule has 0 atom stereocenters. The Morgan fingerprint density at radius 2 is 1.30 bits per heavy atom. The molecular formula is C42H51N3O14S4. The Labute approximate surface area is 369 Å². The molecule has 21 heteroatoms. The third-order valence-corrected chi connectivity index (χ3v) is 14.1. The molecule has 2 aromatic rings. The van der Waals surface area contributed by atoms with Crippen molar-refractivity contribution >= 4 is 64.0 Å². The van der Waals surface area contributed by atoms with E-state index in [2.05, 4.69) is 35.5 Å². The van der Waals surface area contributed by atoms with E-state index in [-0.39, 0.29) is 24.3 Å². The van der Waals surface area contributed by atoms with Gasteiger partial charge in [-0.05, 0) is 85.7 Å². The number of anilines is 2. The quantitative estimate of drug-likeness (QED) is 0.192. The average Bonchev–Trinajstić information content (AvgIpc) is 3.52. The van der Waals surface area contributed by atoms with Crippen molar-refractivity contribution in [1.29, 1.82) is 0 Å². The zero-order chi connectivity index (χ0) is 46.7. The van der Waals surface area contributed by atoms with Crippen molar-refractivity contribution in [3.8, 4) is 0 Å². The lowest BCUT2D eigenvalue weighted by atomic mass is 9.82. The Bertz CT molecular complexity index is 2810. The van der Waals surface area contributed by atoms with Crippen LogP contribution in [0.15, 0.2) is 106 Å². The summed E-state index contributed by atoms with van der Waals surface area (Å²) in [5, 5.41) is 9.73. The Morgan fingerprint density at radius 1 is 0.778 bits per heavy atom. The van der Waals surface area contributed by atoms with Crippen LogP contribution in [-0.2, 0) is 56.6 Å². The van der Waals surface area contributed by atoms with Gasteiger partial charge in [-0.2, -0.15) is 16.8 Å². The Balaban J connectivity index is 0.00000179. The van der Waals surface area contributed by atoms with Gasteiger partial charge >= 0.3 is 16.6 Å². The molecule has 2 aromatic carbocycles. The molecule has 3 N–H and O–H groups in total. The van der Waals surface area contributed by atoms with Crippen LogP contribution in [0.2, 0.25) is 0 Å². The topological polar surface area (TPSA) is 264 Å². The molecule has 1 fully saturated rings. The average molecular weight is 950 g/mol. The molecule has 3 aliphatic heterocycles. The van der Waals surface area contributed by atoms with Crippen molar-refractivity contribution in [2.75, 3.05) is 47.5 Å². The third kappa shape index (κ3) is 11.9. The van der Waals surface area contributed by atoms with Gasteiger partial charge < -0.3 is 19.5 Å². The SMILES string of the molecule is CC1(C)C(=CC=C2CCC/C(=C\C=C3/N(CCCS(=O)(=O)O)c4ccc(S(=O)(=O)O)cc4C3(C)C)C2=[N+]2CC=C(C(=O)O)CC2)N(CCCS(=O)(=O)[O-])c2ccccc21.O=S(=O)=O. The van der Waals surface area contributed by atoms with Gasteiger partial charge in [0, 0.05) is 75.6 Å². The molecule has 63 heavy (non-hydrogen) atoms. The summed E-state index contributed by atoms with van der Waals surface area (Å²) in [6.07, 6.45) is 12.6. The molecule has 342 valence electrons. The number of aliphatic carboxylic acids is 1. The first-order valence-electron chi connectivity index (χ1n) is 20.0. The molecule has 0 spiro atoms. The second-order valence-electron chi connectivity index (χ2n) is 16.6. The van der Waals surface area contributed by atoms with Gasteiger partial charge in [0.05, 0.1) is 20.8 Å². The summed E-state index contributed by atoms with van der Waals surface area (Å²) in [7, 11) is -16.3. The van der Waals surface area contributed by atoms with Gasteiger partial charge in [0.15, 0.2) is 6.54 Å². The van der Waals surface area contributed by atoms with Crippen LogP contribution >= 0.6 is 0 Å².